The van der Waals surface area contributed by atoms with Gasteiger partial charge < -0.3 is 15.7 Å². The molecule has 0 radical (unpaired) electrons. The van der Waals surface area contributed by atoms with E-state index in [1.165, 1.54) is 11.3 Å². The Morgan fingerprint density at radius 3 is 2.65 bits per heavy atom. The summed E-state index contributed by atoms with van der Waals surface area (Å²) in [4.78, 5) is 26.7. The van der Waals surface area contributed by atoms with E-state index in [4.69, 9.17) is 5.11 Å². The Morgan fingerprint density at radius 1 is 1.45 bits per heavy atom. The lowest BCUT2D eigenvalue weighted by Gasteiger charge is -2.30. The van der Waals surface area contributed by atoms with Crippen LogP contribution in [0, 0.1) is 5.41 Å². The van der Waals surface area contributed by atoms with Crippen LogP contribution < -0.4 is 10.6 Å². The van der Waals surface area contributed by atoms with Gasteiger partial charge in [-0.3, -0.25) is 4.79 Å². The third-order valence-corrected chi connectivity index (χ3v) is 3.51. The van der Waals surface area contributed by atoms with Crippen molar-refractivity contribution in [3.05, 3.63) is 16.6 Å². The molecule has 7 heteroatoms. The zero-order valence-electron chi connectivity index (χ0n) is 12.0. The van der Waals surface area contributed by atoms with Gasteiger partial charge in [0.05, 0.1) is 17.6 Å². The van der Waals surface area contributed by atoms with Gasteiger partial charge in [-0.2, -0.15) is 0 Å². The van der Waals surface area contributed by atoms with Gasteiger partial charge in [-0.1, -0.05) is 20.8 Å². The third-order valence-electron chi connectivity index (χ3n) is 2.88. The first kappa shape index (κ1) is 16.4. The number of aromatic nitrogens is 1. The summed E-state index contributed by atoms with van der Waals surface area (Å²) in [5.74, 6) is -0.923. The maximum absolute atomic E-state index is 11.8. The van der Waals surface area contributed by atoms with E-state index < -0.39 is 12.0 Å². The highest BCUT2D eigenvalue weighted by Crippen LogP contribution is 2.21. The Balaban J connectivity index is 2.39. The first-order chi connectivity index (χ1) is 9.29. The summed E-state index contributed by atoms with van der Waals surface area (Å²) < 4.78 is 0. The minimum Gasteiger partial charge on any atom is -0.481 e. The first-order valence-corrected chi connectivity index (χ1v) is 7.36. The minimum atomic E-state index is -0.923. The molecule has 0 saturated heterocycles. The van der Waals surface area contributed by atoms with Gasteiger partial charge >= 0.3 is 12.0 Å². The molecule has 0 saturated carbocycles. The largest absolute Gasteiger partial charge is 0.481 e. The average Bonchev–Trinajstić information content (AvgIpc) is 2.79. The maximum Gasteiger partial charge on any atom is 0.315 e. The van der Waals surface area contributed by atoms with Gasteiger partial charge in [-0.15, -0.1) is 11.3 Å². The van der Waals surface area contributed by atoms with Crippen molar-refractivity contribution in [1.29, 1.82) is 0 Å². The zero-order chi connectivity index (χ0) is 15.2. The standard InChI is InChI=1S/C13H21N3O3S/c1-13(2,3)10(6-11(17)18)16-12(19)14-5-4-9-7-20-8-15-9/h7-8,10H,4-6H2,1-3H3,(H,17,18)(H2,14,16,19). The van der Waals surface area contributed by atoms with Crippen LogP contribution in [-0.4, -0.2) is 34.7 Å². The second-order valence-corrected chi connectivity index (χ2v) is 6.37. The second-order valence-electron chi connectivity index (χ2n) is 5.65. The molecule has 1 aromatic rings. The molecule has 1 unspecified atom stereocenters. The average molecular weight is 299 g/mol. The molecular weight excluding hydrogens is 278 g/mol. The lowest BCUT2D eigenvalue weighted by Crippen LogP contribution is -2.49. The van der Waals surface area contributed by atoms with Gasteiger partial charge in [-0.05, 0) is 5.41 Å². The Bertz CT molecular complexity index is 440. The Morgan fingerprint density at radius 2 is 2.15 bits per heavy atom. The van der Waals surface area contributed by atoms with Crippen molar-refractivity contribution < 1.29 is 14.7 Å². The van der Waals surface area contributed by atoms with Crippen LogP contribution >= 0.6 is 11.3 Å². The van der Waals surface area contributed by atoms with Crippen LogP contribution in [0.1, 0.15) is 32.9 Å². The normalized spacial score (nSPS) is 12.8. The summed E-state index contributed by atoms with van der Waals surface area (Å²) in [6.45, 7) is 6.17. The monoisotopic (exact) mass is 299 g/mol. The zero-order valence-corrected chi connectivity index (χ0v) is 12.8. The van der Waals surface area contributed by atoms with E-state index in [-0.39, 0.29) is 17.9 Å². The third kappa shape index (κ3) is 6.01. The molecule has 2 amide bonds. The van der Waals surface area contributed by atoms with Gasteiger partial charge in [0, 0.05) is 24.4 Å². The number of carbonyl (C=O) groups is 2. The molecule has 0 fully saturated rings. The van der Waals surface area contributed by atoms with Crippen molar-refractivity contribution >= 4 is 23.3 Å². The van der Waals surface area contributed by atoms with Crippen LogP contribution in [-0.2, 0) is 11.2 Å². The molecule has 0 spiro atoms. The fourth-order valence-corrected chi connectivity index (χ4v) is 2.22. The topological polar surface area (TPSA) is 91.3 Å². The van der Waals surface area contributed by atoms with E-state index in [1.807, 2.05) is 26.2 Å². The van der Waals surface area contributed by atoms with E-state index in [1.54, 1.807) is 5.51 Å². The van der Waals surface area contributed by atoms with Crippen LogP contribution in [0.25, 0.3) is 0 Å². The van der Waals surface area contributed by atoms with Crippen molar-refractivity contribution in [2.24, 2.45) is 5.41 Å². The highest BCUT2D eigenvalue weighted by Gasteiger charge is 2.28. The molecule has 3 N–H and O–H groups in total. The molecule has 0 aliphatic rings. The molecule has 112 valence electrons. The van der Waals surface area contributed by atoms with Crippen LogP contribution in [0.3, 0.4) is 0 Å². The quantitative estimate of drug-likeness (QED) is 0.748. The van der Waals surface area contributed by atoms with Crippen LogP contribution in [0.15, 0.2) is 10.9 Å². The van der Waals surface area contributed by atoms with Crippen molar-refractivity contribution in [3.63, 3.8) is 0 Å². The SMILES string of the molecule is CC(C)(C)C(CC(=O)O)NC(=O)NCCc1cscn1. The molecular formula is C13H21N3O3S. The predicted molar refractivity (Wildman–Crippen MR) is 77.8 cm³/mol. The van der Waals surface area contributed by atoms with Crippen LogP contribution in [0.4, 0.5) is 4.79 Å². The highest BCUT2D eigenvalue weighted by molar-refractivity contribution is 7.07. The van der Waals surface area contributed by atoms with E-state index in [0.717, 1.165) is 5.69 Å². The molecule has 20 heavy (non-hydrogen) atoms. The van der Waals surface area contributed by atoms with Gasteiger partial charge in [0.1, 0.15) is 0 Å². The van der Waals surface area contributed by atoms with Gasteiger partial charge in [0.2, 0.25) is 0 Å². The van der Waals surface area contributed by atoms with Crippen molar-refractivity contribution in [3.8, 4) is 0 Å². The number of carboxylic acids is 1. The van der Waals surface area contributed by atoms with Crippen molar-refractivity contribution in [2.45, 2.75) is 39.7 Å². The molecule has 0 aliphatic heterocycles. The number of amides is 2. The summed E-state index contributed by atoms with van der Waals surface area (Å²) >= 11 is 1.51. The Hall–Kier alpha value is -1.63. The number of nitrogens with one attached hydrogen (secondary N) is 2. The lowest BCUT2D eigenvalue weighted by atomic mass is 9.85. The van der Waals surface area contributed by atoms with Gasteiger partial charge in [0.15, 0.2) is 0 Å². The van der Waals surface area contributed by atoms with E-state index in [0.29, 0.717) is 13.0 Å². The molecule has 1 heterocycles. The van der Waals surface area contributed by atoms with E-state index in [9.17, 15) is 9.59 Å². The van der Waals surface area contributed by atoms with Crippen LogP contribution in [0.2, 0.25) is 0 Å². The molecule has 0 aliphatic carbocycles. The van der Waals surface area contributed by atoms with Crippen molar-refractivity contribution in [1.82, 2.24) is 15.6 Å². The summed E-state index contributed by atoms with van der Waals surface area (Å²) in [6.07, 6.45) is 0.568. The maximum atomic E-state index is 11.8. The lowest BCUT2D eigenvalue weighted by molar-refractivity contribution is -0.138. The highest BCUT2D eigenvalue weighted by atomic mass is 32.1. The Labute approximate surface area is 122 Å². The predicted octanol–water partition coefficient (Wildman–Crippen LogP) is 1.87. The molecule has 6 nitrogen and oxygen atoms in total. The number of carbonyl (C=O) groups excluding carboxylic acids is 1. The number of carboxylic acid groups (broad SMARTS) is 1. The fraction of sp³-hybridized carbons (Fsp3) is 0.615. The number of hydrogen-bond acceptors (Lipinski definition) is 4. The fourth-order valence-electron chi connectivity index (χ4n) is 1.62. The van der Waals surface area contributed by atoms with E-state index in [2.05, 4.69) is 15.6 Å². The number of rotatable bonds is 6. The molecule has 1 rings (SSSR count). The Kier molecular flexibility index (Phi) is 5.94. The summed E-state index contributed by atoms with van der Waals surface area (Å²) in [5, 5.41) is 16.3. The molecule has 0 aromatic carbocycles. The number of hydrogen-bond donors (Lipinski definition) is 3. The number of nitrogens with zero attached hydrogens (tertiary/aromatic N) is 1. The number of thiazole rings is 1. The second kappa shape index (κ2) is 7.23. The summed E-state index contributed by atoms with van der Waals surface area (Å²) in [6, 6.07) is -0.763. The van der Waals surface area contributed by atoms with Gasteiger partial charge in [-0.25, -0.2) is 9.78 Å². The molecule has 1 atom stereocenters. The van der Waals surface area contributed by atoms with Crippen LogP contribution in [0.5, 0.6) is 0 Å². The smallest absolute Gasteiger partial charge is 0.315 e. The number of urea groups is 1. The molecule has 1 aromatic heterocycles. The number of aliphatic carboxylic acids is 1. The van der Waals surface area contributed by atoms with Gasteiger partial charge in [0.25, 0.3) is 0 Å². The first-order valence-electron chi connectivity index (χ1n) is 6.42. The van der Waals surface area contributed by atoms with E-state index >= 15 is 0 Å². The molecule has 0 bridgehead atoms. The van der Waals surface area contributed by atoms with Crippen molar-refractivity contribution in [2.75, 3.05) is 6.54 Å². The minimum absolute atomic E-state index is 0.0942. The summed E-state index contributed by atoms with van der Waals surface area (Å²) in [5.41, 5.74) is 2.37. The summed E-state index contributed by atoms with van der Waals surface area (Å²) in [7, 11) is 0.